The second kappa shape index (κ2) is 9.98. The highest BCUT2D eigenvalue weighted by molar-refractivity contribution is 7.52. The largest absolute Gasteiger partial charge is 0.336 e. The standard InChI is InChI=1S/C25H41N4O5P/c1-5-15-28-20-19(21(30)29(16-6-2)23(28)31)26-22(27-20)25-11-8-24(9-12-25,10-13-25)14-17-35(32,33)34-18(4)7-3/h18H,5-17H2,1-4H3,(H,26,27)(H,32,33). The molecule has 5 rings (SSSR count). The van der Waals surface area contributed by atoms with Gasteiger partial charge in [-0.25, -0.2) is 9.78 Å². The minimum absolute atomic E-state index is 0.0725. The van der Waals surface area contributed by atoms with E-state index in [1.165, 1.54) is 4.57 Å². The lowest BCUT2D eigenvalue weighted by Gasteiger charge is -2.53. The molecule has 0 spiro atoms. The number of aromatic nitrogens is 4. The summed E-state index contributed by atoms with van der Waals surface area (Å²) in [5.74, 6) is 0.823. The molecule has 0 aromatic carbocycles. The molecule has 196 valence electrons. The molecule has 2 aromatic heterocycles. The summed E-state index contributed by atoms with van der Waals surface area (Å²) in [6.07, 6.45) is 8.58. The number of hydrogen-bond donors (Lipinski definition) is 2. The van der Waals surface area contributed by atoms with Crippen molar-refractivity contribution in [2.75, 3.05) is 6.16 Å². The normalized spacial score (nSPS) is 26.8. The average Bonchev–Trinajstić information content (AvgIpc) is 3.31. The van der Waals surface area contributed by atoms with Crippen LogP contribution in [-0.4, -0.2) is 36.3 Å². The van der Waals surface area contributed by atoms with Gasteiger partial charge >= 0.3 is 13.3 Å². The van der Waals surface area contributed by atoms with Crippen LogP contribution < -0.4 is 11.2 Å². The molecule has 3 aliphatic rings. The van der Waals surface area contributed by atoms with E-state index in [1.54, 1.807) is 4.57 Å². The maximum absolute atomic E-state index is 13.1. The Kier molecular flexibility index (Phi) is 7.52. The van der Waals surface area contributed by atoms with Crippen molar-refractivity contribution in [2.24, 2.45) is 5.41 Å². The van der Waals surface area contributed by atoms with E-state index in [2.05, 4.69) is 4.98 Å². The predicted molar refractivity (Wildman–Crippen MR) is 137 cm³/mol. The zero-order valence-corrected chi connectivity index (χ0v) is 22.5. The fourth-order valence-electron chi connectivity index (χ4n) is 6.04. The maximum atomic E-state index is 13.1. The summed E-state index contributed by atoms with van der Waals surface area (Å²) in [5.41, 5.74) is 0.289. The van der Waals surface area contributed by atoms with Gasteiger partial charge in [-0.3, -0.25) is 18.5 Å². The Labute approximate surface area is 206 Å². The second-order valence-corrected chi connectivity index (χ2v) is 12.8. The van der Waals surface area contributed by atoms with Crippen molar-refractivity contribution in [3.63, 3.8) is 0 Å². The van der Waals surface area contributed by atoms with Crippen LogP contribution in [0.25, 0.3) is 11.2 Å². The lowest BCUT2D eigenvalue weighted by Crippen LogP contribution is -2.45. The first-order valence-electron chi connectivity index (χ1n) is 13.3. The van der Waals surface area contributed by atoms with Gasteiger partial charge < -0.3 is 14.4 Å². The van der Waals surface area contributed by atoms with Crippen molar-refractivity contribution in [3.8, 4) is 0 Å². The Balaban J connectivity index is 1.57. The van der Waals surface area contributed by atoms with Gasteiger partial charge in [-0.2, -0.15) is 0 Å². The predicted octanol–water partition coefficient (Wildman–Crippen LogP) is 4.69. The van der Waals surface area contributed by atoms with Crippen molar-refractivity contribution >= 4 is 18.8 Å². The number of nitrogens with zero attached hydrogens (tertiary/aromatic N) is 3. The van der Waals surface area contributed by atoms with Crippen molar-refractivity contribution in [1.82, 2.24) is 19.1 Å². The molecule has 2 aromatic rings. The highest BCUT2D eigenvalue weighted by Gasteiger charge is 2.51. The number of imidazole rings is 1. The Morgan fingerprint density at radius 2 is 1.66 bits per heavy atom. The van der Waals surface area contributed by atoms with Gasteiger partial charge in [0.2, 0.25) is 0 Å². The maximum Gasteiger partial charge on any atom is 0.332 e. The smallest absolute Gasteiger partial charge is 0.332 e. The van der Waals surface area contributed by atoms with Crippen LogP contribution in [0, 0.1) is 5.41 Å². The summed E-state index contributed by atoms with van der Waals surface area (Å²) in [4.78, 5) is 44.7. The van der Waals surface area contributed by atoms with Crippen LogP contribution in [0.2, 0.25) is 0 Å². The molecule has 0 radical (unpaired) electrons. The lowest BCUT2D eigenvalue weighted by molar-refractivity contribution is 0.0319. The molecule has 2 N–H and O–H groups in total. The van der Waals surface area contributed by atoms with Crippen LogP contribution in [0.3, 0.4) is 0 Å². The van der Waals surface area contributed by atoms with E-state index in [4.69, 9.17) is 9.51 Å². The van der Waals surface area contributed by atoms with Crippen molar-refractivity contribution in [3.05, 3.63) is 26.7 Å². The van der Waals surface area contributed by atoms with Crippen molar-refractivity contribution in [1.29, 1.82) is 0 Å². The molecule has 0 saturated heterocycles. The van der Waals surface area contributed by atoms with Gasteiger partial charge in [0.05, 0.1) is 12.3 Å². The second-order valence-electron chi connectivity index (χ2n) is 10.9. The van der Waals surface area contributed by atoms with Crippen LogP contribution in [0.5, 0.6) is 0 Å². The molecule has 3 saturated carbocycles. The Morgan fingerprint density at radius 1 is 1.06 bits per heavy atom. The van der Waals surface area contributed by atoms with Gasteiger partial charge in [0.1, 0.15) is 11.3 Å². The average molecular weight is 509 g/mol. The molecule has 35 heavy (non-hydrogen) atoms. The number of aryl methyl sites for hydroxylation is 1. The molecular formula is C25H41N4O5P. The number of nitrogens with one attached hydrogen (secondary N) is 1. The minimum atomic E-state index is -3.59. The van der Waals surface area contributed by atoms with Gasteiger partial charge in [-0.15, -0.1) is 0 Å². The third-order valence-electron chi connectivity index (χ3n) is 8.50. The number of hydrogen-bond acceptors (Lipinski definition) is 5. The Bertz CT molecular complexity index is 1200. The van der Waals surface area contributed by atoms with Gasteiger partial charge in [-0.05, 0) is 76.5 Å². The van der Waals surface area contributed by atoms with Gasteiger partial charge in [0, 0.05) is 18.5 Å². The van der Waals surface area contributed by atoms with E-state index in [0.717, 1.165) is 50.8 Å². The summed E-state index contributed by atoms with van der Waals surface area (Å²) in [5, 5.41) is 0. The first-order valence-corrected chi connectivity index (χ1v) is 15.1. The molecule has 3 fully saturated rings. The van der Waals surface area contributed by atoms with Crippen LogP contribution in [-0.2, 0) is 27.6 Å². The number of fused-ring (bicyclic) bond motifs is 4. The van der Waals surface area contributed by atoms with Crippen LogP contribution in [0.4, 0.5) is 0 Å². The first-order chi connectivity index (χ1) is 16.6. The van der Waals surface area contributed by atoms with Crippen LogP contribution >= 0.6 is 7.60 Å². The third kappa shape index (κ3) is 4.96. The van der Waals surface area contributed by atoms with E-state index in [0.29, 0.717) is 43.5 Å². The van der Waals surface area contributed by atoms with E-state index in [1.807, 2.05) is 27.7 Å². The summed E-state index contributed by atoms with van der Waals surface area (Å²) >= 11 is 0. The Hall–Kier alpha value is -1.70. The third-order valence-corrected chi connectivity index (χ3v) is 9.98. The van der Waals surface area contributed by atoms with Crippen LogP contribution in [0.1, 0.15) is 97.7 Å². The molecule has 2 bridgehead atoms. The van der Waals surface area contributed by atoms with E-state index < -0.39 is 7.60 Å². The highest BCUT2D eigenvalue weighted by Crippen LogP contribution is 2.60. The molecular weight excluding hydrogens is 467 g/mol. The fourth-order valence-corrected chi connectivity index (χ4v) is 7.62. The molecule has 3 aliphatic carbocycles. The minimum Gasteiger partial charge on any atom is -0.336 e. The van der Waals surface area contributed by atoms with E-state index in [9.17, 15) is 19.0 Å². The topological polar surface area (TPSA) is 119 Å². The summed E-state index contributed by atoms with van der Waals surface area (Å²) in [6.45, 7) is 8.68. The quantitative estimate of drug-likeness (QED) is 0.425. The van der Waals surface area contributed by atoms with Gasteiger partial charge in [0.15, 0.2) is 5.65 Å². The van der Waals surface area contributed by atoms with E-state index >= 15 is 0 Å². The van der Waals surface area contributed by atoms with Crippen LogP contribution in [0.15, 0.2) is 9.59 Å². The monoisotopic (exact) mass is 508 g/mol. The highest BCUT2D eigenvalue weighted by atomic mass is 31.2. The number of rotatable bonds is 11. The van der Waals surface area contributed by atoms with Gasteiger partial charge in [0.25, 0.3) is 5.56 Å². The zero-order valence-electron chi connectivity index (χ0n) is 21.6. The number of aromatic amines is 1. The Morgan fingerprint density at radius 3 is 2.23 bits per heavy atom. The van der Waals surface area contributed by atoms with Crippen molar-refractivity contribution in [2.45, 2.75) is 117 Å². The van der Waals surface area contributed by atoms with Gasteiger partial charge in [-0.1, -0.05) is 20.8 Å². The summed E-state index contributed by atoms with van der Waals surface area (Å²) in [7, 11) is -3.59. The molecule has 0 aliphatic heterocycles. The molecule has 9 nitrogen and oxygen atoms in total. The molecule has 0 amide bonds. The molecule has 2 atom stereocenters. The zero-order chi connectivity index (χ0) is 25.4. The van der Waals surface area contributed by atoms with E-state index in [-0.39, 0.29) is 34.3 Å². The lowest BCUT2D eigenvalue weighted by atomic mass is 9.53. The summed E-state index contributed by atoms with van der Waals surface area (Å²) < 4.78 is 21.0. The molecule has 2 unspecified atom stereocenters. The molecule has 2 heterocycles. The first kappa shape index (κ1) is 26.4. The fraction of sp³-hybridized carbons (Fsp3) is 0.800. The molecule has 10 heteroatoms. The SMILES string of the molecule is CCCn1c(=O)c2[nH]c(C34CCC(CCP(=O)(O)OC(C)CC)(CC3)CC4)nc2n(CCC)c1=O. The number of H-pyrrole nitrogens is 1. The summed E-state index contributed by atoms with van der Waals surface area (Å²) in [6, 6.07) is 0. The van der Waals surface area contributed by atoms with Crippen molar-refractivity contribution < 1.29 is 14.0 Å².